The Bertz CT molecular complexity index is 1050. The molecule has 38 heavy (non-hydrogen) atoms. The number of carbonyl (C=O) groups is 3. The zero-order valence-corrected chi connectivity index (χ0v) is 23.7. The van der Waals surface area contributed by atoms with Crippen LogP contribution < -0.4 is 16.0 Å². The second kappa shape index (κ2) is 12.8. The van der Waals surface area contributed by atoms with Crippen LogP contribution in [0.4, 0.5) is 4.79 Å². The van der Waals surface area contributed by atoms with Crippen molar-refractivity contribution in [1.82, 2.24) is 16.0 Å². The van der Waals surface area contributed by atoms with E-state index >= 15 is 0 Å². The van der Waals surface area contributed by atoms with E-state index in [4.69, 9.17) is 16.3 Å². The fraction of sp³-hybridized carbons (Fsp3) is 0.655. The average Bonchev–Trinajstić information content (AvgIpc) is 3.13. The van der Waals surface area contributed by atoms with Gasteiger partial charge in [0.2, 0.25) is 11.8 Å². The molecule has 8 nitrogen and oxygen atoms in total. The first-order chi connectivity index (χ1) is 17.9. The zero-order valence-electron chi connectivity index (χ0n) is 22.9. The lowest BCUT2D eigenvalue weighted by Gasteiger charge is -2.28. The average molecular weight is 545 g/mol. The molecular weight excluding hydrogens is 504 g/mol. The van der Waals surface area contributed by atoms with E-state index in [0.717, 1.165) is 31.2 Å². The number of hydrogen-bond donors (Lipinski definition) is 3. The Kier molecular flexibility index (Phi) is 10.1. The number of nitriles is 1. The molecule has 3 atom stereocenters. The first-order valence-corrected chi connectivity index (χ1v) is 14.0. The maximum Gasteiger partial charge on any atom is 0.407 e. The van der Waals surface area contributed by atoms with Crippen LogP contribution in [0, 0.1) is 23.2 Å². The van der Waals surface area contributed by atoms with Crippen LogP contribution in [0.15, 0.2) is 24.3 Å². The summed E-state index contributed by atoms with van der Waals surface area (Å²) in [6.07, 6.45) is 6.01. The van der Waals surface area contributed by atoms with Gasteiger partial charge in [0.05, 0.1) is 6.07 Å². The smallest absolute Gasteiger partial charge is 0.407 e. The fourth-order valence-electron chi connectivity index (χ4n) is 5.50. The molecule has 0 spiro atoms. The molecule has 1 aromatic rings. The topological polar surface area (TPSA) is 120 Å². The molecule has 1 aliphatic carbocycles. The van der Waals surface area contributed by atoms with E-state index in [1.54, 1.807) is 6.07 Å². The number of ether oxygens (including phenoxy) is 1. The van der Waals surface area contributed by atoms with Gasteiger partial charge < -0.3 is 20.7 Å². The molecule has 1 saturated heterocycles. The molecule has 3 N–H and O–H groups in total. The van der Waals surface area contributed by atoms with Gasteiger partial charge in [-0.1, -0.05) is 69.7 Å². The van der Waals surface area contributed by atoms with Gasteiger partial charge in [-0.25, -0.2) is 4.79 Å². The summed E-state index contributed by atoms with van der Waals surface area (Å²) in [7, 11) is 0. The molecule has 1 heterocycles. The van der Waals surface area contributed by atoms with Gasteiger partial charge in [-0.2, -0.15) is 5.26 Å². The Morgan fingerprint density at radius 2 is 1.92 bits per heavy atom. The highest BCUT2D eigenvalue weighted by atomic mass is 35.5. The molecule has 0 bridgehead atoms. The van der Waals surface area contributed by atoms with E-state index in [0.29, 0.717) is 23.8 Å². The molecule has 2 aliphatic rings. The lowest BCUT2D eigenvalue weighted by molar-refractivity contribution is -0.125. The van der Waals surface area contributed by atoms with E-state index in [1.807, 2.05) is 45.9 Å². The van der Waals surface area contributed by atoms with Crippen LogP contribution in [0.5, 0.6) is 0 Å². The maximum atomic E-state index is 13.3. The molecule has 0 radical (unpaired) electrons. The first kappa shape index (κ1) is 29.8. The SMILES string of the molecule is CC1(C)CC(C[C@@H](C#N)NC(=O)[C@H](CC2CCCCC2)NC(=O)OCC(C)(C)c2cccc(Cl)c2)C(=O)N1. The third kappa shape index (κ3) is 8.62. The number of benzene rings is 1. The largest absolute Gasteiger partial charge is 0.449 e. The lowest BCUT2D eigenvalue weighted by atomic mass is 9.84. The van der Waals surface area contributed by atoms with Crippen LogP contribution in [0.3, 0.4) is 0 Å². The molecule has 1 unspecified atom stereocenters. The summed E-state index contributed by atoms with van der Waals surface area (Å²) < 4.78 is 5.56. The van der Waals surface area contributed by atoms with Crippen LogP contribution in [0.25, 0.3) is 0 Å². The normalized spacial score (nSPS) is 21.1. The minimum atomic E-state index is -0.833. The molecule has 0 aromatic heterocycles. The second-order valence-electron chi connectivity index (χ2n) is 12.1. The zero-order chi connectivity index (χ0) is 27.9. The van der Waals surface area contributed by atoms with Crippen molar-refractivity contribution in [3.63, 3.8) is 0 Å². The Labute approximate surface area is 231 Å². The number of nitrogens with zero attached hydrogens (tertiary/aromatic N) is 1. The van der Waals surface area contributed by atoms with Crippen molar-refractivity contribution >= 4 is 29.5 Å². The van der Waals surface area contributed by atoms with Crippen molar-refractivity contribution in [2.75, 3.05) is 6.61 Å². The van der Waals surface area contributed by atoms with Gasteiger partial charge in [-0.15, -0.1) is 0 Å². The number of carbonyl (C=O) groups excluding carboxylic acids is 3. The molecule has 208 valence electrons. The van der Waals surface area contributed by atoms with Crippen molar-refractivity contribution in [3.05, 3.63) is 34.9 Å². The quantitative estimate of drug-likeness (QED) is 0.383. The maximum absolute atomic E-state index is 13.3. The van der Waals surface area contributed by atoms with Crippen LogP contribution >= 0.6 is 11.6 Å². The molecule has 3 rings (SSSR count). The Morgan fingerprint density at radius 1 is 1.21 bits per heavy atom. The van der Waals surface area contributed by atoms with Gasteiger partial charge in [0, 0.05) is 21.9 Å². The number of halogens is 1. The van der Waals surface area contributed by atoms with Gasteiger partial charge in [-0.05, 0) is 56.7 Å². The summed E-state index contributed by atoms with van der Waals surface area (Å²) in [5, 5.41) is 18.8. The highest BCUT2D eigenvalue weighted by Gasteiger charge is 2.39. The minimum Gasteiger partial charge on any atom is -0.449 e. The van der Waals surface area contributed by atoms with E-state index in [9.17, 15) is 19.6 Å². The summed E-state index contributed by atoms with van der Waals surface area (Å²) in [5.74, 6) is -0.568. The Balaban J connectivity index is 1.63. The van der Waals surface area contributed by atoms with Gasteiger partial charge in [0.1, 0.15) is 18.7 Å². The number of amides is 3. The number of hydrogen-bond acceptors (Lipinski definition) is 5. The highest BCUT2D eigenvalue weighted by molar-refractivity contribution is 6.30. The second-order valence-corrected chi connectivity index (χ2v) is 12.5. The van der Waals surface area contributed by atoms with E-state index in [1.165, 1.54) is 6.42 Å². The lowest BCUT2D eigenvalue weighted by Crippen LogP contribution is -2.51. The Hall–Kier alpha value is -2.79. The molecule has 3 amide bonds. The summed E-state index contributed by atoms with van der Waals surface area (Å²) in [4.78, 5) is 38.5. The van der Waals surface area contributed by atoms with Gasteiger partial charge >= 0.3 is 6.09 Å². The van der Waals surface area contributed by atoms with Gasteiger partial charge in [0.15, 0.2) is 0 Å². The minimum absolute atomic E-state index is 0.102. The van der Waals surface area contributed by atoms with Crippen molar-refractivity contribution in [2.24, 2.45) is 11.8 Å². The monoisotopic (exact) mass is 544 g/mol. The number of nitrogens with one attached hydrogen (secondary N) is 3. The Morgan fingerprint density at radius 3 is 2.53 bits per heavy atom. The predicted octanol–water partition coefficient (Wildman–Crippen LogP) is 5.00. The third-order valence-corrected chi connectivity index (χ3v) is 7.89. The van der Waals surface area contributed by atoms with Crippen molar-refractivity contribution < 1.29 is 19.1 Å². The summed E-state index contributed by atoms with van der Waals surface area (Å²) in [6.45, 7) is 7.89. The molecule has 2 fully saturated rings. The molecule has 1 aliphatic heterocycles. The highest BCUT2D eigenvalue weighted by Crippen LogP contribution is 2.30. The van der Waals surface area contributed by atoms with E-state index < -0.39 is 29.5 Å². The molecule has 1 saturated carbocycles. The standard InChI is InChI=1S/C29H41ClN4O4/c1-28(2,21-11-8-12-22(30)15-21)18-38-27(37)33-24(13-19-9-6-5-7-10-19)26(36)32-23(17-31)14-20-16-29(3,4)34-25(20)35/h8,11-12,15,19-20,23-24H,5-7,9-10,13-14,16,18H2,1-4H3,(H,32,36)(H,33,37)(H,34,35)/t20?,23-,24-/m0/s1. The van der Waals surface area contributed by atoms with Crippen LogP contribution in [0.2, 0.25) is 5.02 Å². The third-order valence-electron chi connectivity index (χ3n) is 7.65. The first-order valence-electron chi connectivity index (χ1n) is 13.6. The summed E-state index contributed by atoms with van der Waals surface area (Å²) in [6, 6.07) is 7.88. The molecule has 9 heteroatoms. The van der Waals surface area contributed by atoms with Crippen molar-refractivity contribution in [1.29, 1.82) is 5.26 Å². The fourth-order valence-corrected chi connectivity index (χ4v) is 5.69. The van der Waals surface area contributed by atoms with Crippen LogP contribution in [-0.2, 0) is 19.7 Å². The molecule has 1 aromatic carbocycles. The molecular formula is C29H41ClN4O4. The summed E-state index contributed by atoms with van der Waals surface area (Å²) >= 11 is 6.13. The van der Waals surface area contributed by atoms with Crippen LogP contribution in [-0.4, -0.2) is 42.1 Å². The van der Waals surface area contributed by atoms with Gasteiger partial charge in [-0.3, -0.25) is 9.59 Å². The van der Waals surface area contributed by atoms with Crippen molar-refractivity contribution in [3.8, 4) is 6.07 Å². The van der Waals surface area contributed by atoms with Gasteiger partial charge in [0.25, 0.3) is 0 Å². The summed E-state index contributed by atoms with van der Waals surface area (Å²) in [5.41, 5.74) is 0.120. The van der Waals surface area contributed by atoms with Crippen molar-refractivity contribution in [2.45, 2.75) is 102 Å². The van der Waals surface area contributed by atoms with Crippen LogP contribution in [0.1, 0.15) is 84.6 Å². The van der Waals surface area contributed by atoms with E-state index in [2.05, 4.69) is 22.0 Å². The number of alkyl carbamates (subject to hydrolysis) is 1. The predicted molar refractivity (Wildman–Crippen MR) is 146 cm³/mol. The van der Waals surface area contributed by atoms with E-state index in [-0.39, 0.29) is 30.4 Å². The number of rotatable bonds is 10.